The zero-order valence-electron chi connectivity index (χ0n) is 11.4. The topological polar surface area (TPSA) is 16.1 Å². The average molecular weight is 250 g/mol. The lowest BCUT2D eigenvalue weighted by Crippen LogP contribution is -2.15. The van der Waals surface area contributed by atoms with Gasteiger partial charge in [-0.1, -0.05) is 42.5 Å². The van der Waals surface area contributed by atoms with Crippen LogP contribution in [0.4, 0.5) is 0 Å². The molecule has 19 heavy (non-hydrogen) atoms. The lowest BCUT2D eigenvalue weighted by molar-refractivity contribution is 0.412. The van der Waals surface area contributed by atoms with Crippen LogP contribution in [-0.2, 0) is 6.42 Å². The Morgan fingerprint density at radius 1 is 0.842 bits per heavy atom. The summed E-state index contributed by atoms with van der Waals surface area (Å²) in [5.74, 6) is 0. The number of fused-ring (bicyclic) bond motifs is 3. The normalized spacial score (nSPS) is 11.5. The molecule has 2 nitrogen and oxygen atoms in total. The fourth-order valence-electron chi connectivity index (χ4n) is 2.49. The summed E-state index contributed by atoms with van der Waals surface area (Å²) in [6.07, 6.45) is 0.984. The Kier molecular flexibility index (Phi) is 3.18. The van der Waals surface area contributed by atoms with Crippen LogP contribution >= 0.6 is 0 Å². The highest BCUT2D eigenvalue weighted by molar-refractivity contribution is 6.06. The van der Waals surface area contributed by atoms with Crippen LogP contribution in [-0.4, -0.2) is 30.5 Å². The third-order valence-electron chi connectivity index (χ3n) is 3.48. The van der Waals surface area contributed by atoms with Gasteiger partial charge in [0.1, 0.15) is 0 Å². The van der Waals surface area contributed by atoms with Gasteiger partial charge < -0.3 is 4.90 Å². The quantitative estimate of drug-likeness (QED) is 0.661. The number of hydrogen-bond donors (Lipinski definition) is 0. The third kappa shape index (κ3) is 2.32. The van der Waals surface area contributed by atoms with Crippen molar-refractivity contribution in [3.05, 3.63) is 54.2 Å². The Morgan fingerprint density at radius 3 is 2.21 bits per heavy atom. The van der Waals surface area contributed by atoms with Gasteiger partial charge in [0.25, 0.3) is 0 Å². The maximum Gasteiger partial charge on any atom is 0.0711 e. The van der Waals surface area contributed by atoms with Gasteiger partial charge in [0, 0.05) is 23.7 Å². The molecule has 0 saturated carbocycles. The fraction of sp³-hybridized carbons (Fsp3) is 0.235. The summed E-state index contributed by atoms with van der Waals surface area (Å²) in [5.41, 5.74) is 2.29. The van der Waals surface area contributed by atoms with E-state index < -0.39 is 0 Å². The van der Waals surface area contributed by atoms with E-state index in [1.165, 1.54) is 21.9 Å². The van der Waals surface area contributed by atoms with Crippen molar-refractivity contribution in [1.82, 2.24) is 9.88 Å². The summed E-state index contributed by atoms with van der Waals surface area (Å²) >= 11 is 0. The molecule has 1 aromatic heterocycles. The standard InChI is InChI=1S/C17H18N2/c1-19(2)12-11-17-15-8-4-3-7-13(15)14-9-5-6-10-16(14)18-17/h3-10H,11-12H2,1-2H3. The van der Waals surface area contributed by atoms with Crippen LogP contribution in [0.5, 0.6) is 0 Å². The Labute approximate surface area is 113 Å². The van der Waals surface area contributed by atoms with Crippen LogP contribution in [0.15, 0.2) is 48.5 Å². The van der Waals surface area contributed by atoms with Gasteiger partial charge in [-0.05, 0) is 25.5 Å². The summed E-state index contributed by atoms with van der Waals surface area (Å²) in [7, 11) is 4.20. The summed E-state index contributed by atoms with van der Waals surface area (Å²) in [6.45, 7) is 1.02. The van der Waals surface area contributed by atoms with Gasteiger partial charge in [-0.25, -0.2) is 0 Å². The van der Waals surface area contributed by atoms with Crippen molar-refractivity contribution in [3.8, 4) is 0 Å². The molecule has 0 atom stereocenters. The van der Waals surface area contributed by atoms with Crippen molar-refractivity contribution in [2.45, 2.75) is 6.42 Å². The monoisotopic (exact) mass is 250 g/mol. The maximum absolute atomic E-state index is 4.85. The first-order valence-corrected chi connectivity index (χ1v) is 6.67. The number of rotatable bonds is 3. The smallest absolute Gasteiger partial charge is 0.0711 e. The van der Waals surface area contributed by atoms with E-state index in [2.05, 4.69) is 67.5 Å². The van der Waals surface area contributed by atoms with Gasteiger partial charge in [0.2, 0.25) is 0 Å². The van der Waals surface area contributed by atoms with Crippen LogP contribution in [0.1, 0.15) is 5.69 Å². The largest absolute Gasteiger partial charge is 0.309 e. The molecule has 2 aromatic carbocycles. The Hall–Kier alpha value is -1.93. The van der Waals surface area contributed by atoms with E-state index in [4.69, 9.17) is 4.98 Å². The van der Waals surface area contributed by atoms with Crippen molar-refractivity contribution in [1.29, 1.82) is 0 Å². The molecule has 0 aliphatic carbocycles. The molecule has 0 bridgehead atoms. The molecule has 0 amide bonds. The zero-order chi connectivity index (χ0) is 13.2. The van der Waals surface area contributed by atoms with E-state index >= 15 is 0 Å². The molecule has 3 rings (SSSR count). The van der Waals surface area contributed by atoms with Crippen molar-refractivity contribution >= 4 is 21.7 Å². The van der Waals surface area contributed by atoms with E-state index in [1.54, 1.807) is 0 Å². The van der Waals surface area contributed by atoms with Gasteiger partial charge in [-0.15, -0.1) is 0 Å². The lowest BCUT2D eigenvalue weighted by Gasteiger charge is -2.12. The molecule has 1 heterocycles. The second kappa shape index (κ2) is 4.98. The van der Waals surface area contributed by atoms with Crippen LogP contribution in [0, 0.1) is 0 Å². The number of pyridine rings is 1. The molecule has 0 aliphatic rings. The highest BCUT2D eigenvalue weighted by Gasteiger charge is 2.07. The predicted molar refractivity (Wildman–Crippen MR) is 81.5 cm³/mol. The molecule has 0 aliphatic heterocycles. The highest BCUT2D eigenvalue weighted by atomic mass is 15.0. The molecular weight excluding hydrogens is 232 g/mol. The third-order valence-corrected chi connectivity index (χ3v) is 3.48. The lowest BCUT2D eigenvalue weighted by atomic mass is 10.0. The molecule has 3 aromatic rings. The van der Waals surface area contributed by atoms with Crippen LogP contribution in [0.25, 0.3) is 21.7 Å². The first kappa shape index (κ1) is 12.1. The van der Waals surface area contributed by atoms with Crippen molar-refractivity contribution in [2.75, 3.05) is 20.6 Å². The van der Waals surface area contributed by atoms with Crippen LogP contribution in [0.2, 0.25) is 0 Å². The molecular formula is C17H18N2. The van der Waals surface area contributed by atoms with E-state index in [0.29, 0.717) is 0 Å². The summed E-state index contributed by atoms with van der Waals surface area (Å²) in [6, 6.07) is 17.0. The van der Waals surface area contributed by atoms with Crippen LogP contribution < -0.4 is 0 Å². The van der Waals surface area contributed by atoms with Crippen molar-refractivity contribution < 1.29 is 0 Å². The average Bonchev–Trinajstić information content (AvgIpc) is 2.44. The molecule has 96 valence electrons. The van der Waals surface area contributed by atoms with Crippen molar-refractivity contribution in [3.63, 3.8) is 0 Å². The minimum atomic E-state index is 0.984. The number of likely N-dealkylation sites (N-methyl/N-ethyl adjacent to an activating group) is 1. The van der Waals surface area contributed by atoms with Gasteiger partial charge in [0.05, 0.1) is 11.2 Å². The van der Waals surface area contributed by atoms with Gasteiger partial charge in [-0.2, -0.15) is 0 Å². The summed E-state index contributed by atoms with van der Waals surface area (Å²) < 4.78 is 0. The molecule has 0 spiro atoms. The fourth-order valence-corrected chi connectivity index (χ4v) is 2.49. The predicted octanol–water partition coefficient (Wildman–Crippen LogP) is 3.49. The zero-order valence-corrected chi connectivity index (χ0v) is 11.4. The van der Waals surface area contributed by atoms with Crippen LogP contribution in [0.3, 0.4) is 0 Å². The minimum absolute atomic E-state index is 0.984. The van der Waals surface area contributed by atoms with E-state index in [-0.39, 0.29) is 0 Å². The number of benzene rings is 2. The molecule has 0 unspecified atom stereocenters. The number of nitrogens with zero attached hydrogens (tertiary/aromatic N) is 2. The van der Waals surface area contributed by atoms with Crippen molar-refractivity contribution in [2.24, 2.45) is 0 Å². The van der Waals surface area contributed by atoms with E-state index in [0.717, 1.165) is 18.5 Å². The SMILES string of the molecule is CN(C)CCc1nc2ccccc2c2ccccc12. The first-order chi connectivity index (χ1) is 9.25. The molecule has 0 saturated heterocycles. The Balaban J connectivity index is 2.23. The maximum atomic E-state index is 4.85. The second-order valence-electron chi connectivity index (χ2n) is 5.17. The molecule has 0 radical (unpaired) electrons. The highest BCUT2D eigenvalue weighted by Crippen LogP contribution is 2.26. The second-order valence-corrected chi connectivity index (χ2v) is 5.17. The number of hydrogen-bond acceptors (Lipinski definition) is 2. The first-order valence-electron chi connectivity index (χ1n) is 6.67. The van der Waals surface area contributed by atoms with Gasteiger partial charge in [0.15, 0.2) is 0 Å². The number of para-hydroxylation sites is 1. The van der Waals surface area contributed by atoms with Gasteiger partial charge >= 0.3 is 0 Å². The van der Waals surface area contributed by atoms with E-state index in [1.807, 2.05) is 0 Å². The molecule has 2 heteroatoms. The Bertz CT molecular complexity index is 717. The molecule has 0 fully saturated rings. The van der Waals surface area contributed by atoms with Gasteiger partial charge in [-0.3, -0.25) is 4.98 Å². The summed E-state index contributed by atoms with van der Waals surface area (Å²) in [5, 5.41) is 3.83. The minimum Gasteiger partial charge on any atom is -0.309 e. The van der Waals surface area contributed by atoms with E-state index in [9.17, 15) is 0 Å². The Morgan fingerprint density at radius 2 is 1.47 bits per heavy atom. The molecule has 0 N–H and O–H groups in total. The number of aromatic nitrogens is 1. The summed E-state index contributed by atoms with van der Waals surface area (Å²) in [4.78, 5) is 7.05.